The van der Waals surface area contributed by atoms with Gasteiger partial charge in [0.15, 0.2) is 6.61 Å². The molecule has 2 aliphatic carbocycles. The molecule has 5 heteroatoms. The number of para-hydroxylation sites is 1. The Hall–Kier alpha value is -2.30. The summed E-state index contributed by atoms with van der Waals surface area (Å²) in [6, 6.07) is 9.77. The molecular weight excluding hydrogens is 388 g/mol. The Balaban J connectivity index is 1.51. The molecule has 3 atom stereocenters. The van der Waals surface area contributed by atoms with Crippen LogP contribution in [0.1, 0.15) is 59.3 Å². The smallest absolute Gasteiger partial charge is 0.257 e. The molecule has 0 spiro atoms. The van der Waals surface area contributed by atoms with Crippen molar-refractivity contribution in [2.24, 2.45) is 23.7 Å². The second-order valence-electron chi connectivity index (χ2n) is 9.57. The van der Waals surface area contributed by atoms with Crippen LogP contribution in [-0.2, 0) is 9.59 Å². The molecule has 0 heterocycles. The molecule has 1 aromatic carbocycles. The fourth-order valence-corrected chi connectivity index (χ4v) is 5.04. The van der Waals surface area contributed by atoms with Crippen molar-refractivity contribution in [1.82, 2.24) is 10.6 Å². The van der Waals surface area contributed by atoms with Crippen LogP contribution < -0.4 is 15.4 Å². The number of ether oxygens (including phenoxy) is 1. The number of carbonyl (C=O) groups excluding carboxylic acids is 2. The van der Waals surface area contributed by atoms with E-state index >= 15 is 0 Å². The van der Waals surface area contributed by atoms with Gasteiger partial charge in [0, 0.05) is 19.0 Å². The van der Waals surface area contributed by atoms with Crippen molar-refractivity contribution in [2.75, 3.05) is 13.2 Å². The Morgan fingerprint density at radius 2 is 1.81 bits per heavy atom. The number of nitrogens with one attached hydrogen (secondary N) is 2. The standard InChI is InChI=1S/C26H38N2O3/c1-18(2)24-14-20(15-25(29)28-22-9-7-8-10-22)19(3)13-21(24)16-27-26(30)17-31-23-11-5-4-6-12-23/h4-6,11-13,18,20-22,24H,7-10,14-17H2,1-3H3,(H,27,30)(H,28,29). The van der Waals surface area contributed by atoms with E-state index in [4.69, 9.17) is 4.74 Å². The van der Waals surface area contributed by atoms with Gasteiger partial charge >= 0.3 is 0 Å². The highest BCUT2D eigenvalue weighted by Gasteiger charge is 2.33. The number of rotatable bonds is 9. The summed E-state index contributed by atoms with van der Waals surface area (Å²) in [7, 11) is 0. The summed E-state index contributed by atoms with van der Waals surface area (Å²) >= 11 is 0. The third-order valence-corrected chi connectivity index (χ3v) is 6.88. The molecule has 1 saturated carbocycles. The molecule has 0 radical (unpaired) electrons. The topological polar surface area (TPSA) is 67.4 Å². The minimum Gasteiger partial charge on any atom is -0.484 e. The second-order valence-corrected chi connectivity index (χ2v) is 9.57. The van der Waals surface area contributed by atoms with E-state index in [2.05, 4.69) is 37.5 Å². The van der Waals surface area contributed by atoms with Crippen LogP contribution in [0.25, 0.3) is 0 Å². The molecule has 1 aromatic rings. The average molecular weight is 427 g/mol. The molecule has 3 unspecified atom stereocenters. The maximum atomic E-state index is 12.6. The molecule has 2 amide bonds. The van der Waals surface area contributed by atoms with E-state index < -0.39 is 0 Å². The first-order valence-corrected chi connectivity index (χ1v) is 11.8. The minimum atomic E-state index is -0.101. The van der Waals surface area contributed by atoms with E-state index in [9.17, 15) is 9.59 Å². The van der Waals surface area contributed by atoms with Crippen LogP contribution in [0.15, 0.2) is 42.0 Å². The van der Waals surface area contributed by atoms with Gasteiger partial charge in [0.05, 0.1) is 0 Å². The van der Waals surface area contributed by atoms with Crippen LogP contribution in [0, 0.1) is 23.7 Å². The molecule has 170 valence electrons. The Kier molecular flexibility index (Phi) is 8.56. The molecule has 2 N–H and O–H groups in total. The van der Waals surface area contributed by atoms with Crippen molar-refractivity contribution in [3.8, 4) is 5.75 Å². The first-order valence-electron chi connectivity index (χ1n) is 11.8. The van der Waals surface area contributed by atoms with Gasteiger partial charge in [-0.1, -0.05) is 56.5 Å². The number of hydrogen-bond acceptors (Lipinski definition) is 3. The van der Waals surface area contributed by atoms with Gasteiger partial charge < -0.3 is 15.4 Å². The number of benzene rings is 1. The highest BCUT2D eigenvalue weighted by atomic mass is 16.5. The lowest BCUT2D eigenvalue weighted by Crippen LogP contribution is -2.39. The third kappa shape index (κ3) is 7.12. The maximum absolute atomic E-state index is 12.6. The summed E-state index contributed by atoms with van der Waals surface area (Å²) in [4.78, 5) is 24.8. The fourth-order valence-electron chi connectivity index (χ4n) is 5.04. The number of carbonyl (C=O) groups is 2. The van der Waals surface area contributed by atoms with E-state index in [0.29, 0.717) is 42.5 Å². The monoisotopic (exact) mass is 426 g/mol. The molecule has 0 bridgehead atoms. The minimum absolute atomic E-state index is 0.0235. The van der Waals surface area contributed by atoms with Crippen molar-refractivity contribution in [3.63, 3.8) is 0 Å². The zero-order chi connectivity index (χ0) is 22.2. The van der Waals surface area contributed by atoms with Gasteiger partial charge in [0.2, 0.25) is 5.91 Å². The van der Waals surface area contributed by atoms with Gasteiger partial charge in [-0.05, 0) is 62.0 Å². The van der Waals surface area contributed by atoms with Crippen LogP contribution in [0.4, 0.5) is 0 Å². The number of allylic oxidation sites excluding steroid dienone is 1. The number of hydrogen-bond donors (Lipinski definition) is 2. The first kappa shape index (κ1) is 23.4. The van der Waals surface area contributed by atoms with Crippen LogP contribution in [0.3, 0.4) is 0 Å². The molecule has 5 nitrogen and oxygen atoms in total. The molecule has 0 aliphatic heterocycles. The Morgan fingerprint density at radius 3 is 2.48 bits per heavy atom. The van der Waals surface area contributed by atoms with Crippen LogP contribution >= 0.6 is 0 Å². The van der Waals surface area contributed by atoms with E-state index in [-0.39, 0.29) is 24.3 Å². The fraction of sp³-hybridized carbons (Fsp3) is 0.615. The summed E-state index contributed by atoms with van der Waals surface area (Å²) in [5.41, 5.74) is 1.28. The van der Waals surface area contributed by atoms with Gasteiger partial charge in [-0.3, -0.25) is 9.59 Å². The number of amides is 2. The Bertz CT molecular complexity index is 753. The maximum Gasteiger partial charge on any atom is 0.257 e. The zero-order valence-electron chi connectivity index (χ0n) is 19.2. The van der Waals surface area contributed by atoms with Gasteiger partial charge in [0.1, 0.15) is 5.75 Å². The predicted octanol–water partition coefficient (Wildman–Crippen LogP) is 4.49. The summed E-state index contributed by atoms with van der Waals surface area (Å²) in [5.74, 6) is 2.31. The molecule has 0 aromatic heterocycles. The lowest BCUT2D eigenvalue weighted by molar-refractivity contribution is -0.123. The SMILES string of the molecule is CC1=CC(CNC(=O)COc2ccccc2)C(C(C)C)CC1CC(=O)NC1CCCC1. The summed E-state index contributed by atoms with van der Waals surface area (Å²) in [6.07, 6.45) is 8.56. The van der Waals surface area contributed by atoms with Gasteiger partial charge in [0.25, 0.3) is 5.91 Å². The van der Waals surface area contributed by atoms with E-state index in [1.165, 1.54) is 18.4 Å². The second kappa shape index (κ2) is 11.4. The quantitative estimate of drug-likeness (QED) is 0.572. The Labute approximate surface area is 187 Å². The molecule has 3 rings (SSSR count). The molecular formula is C26H38N2O3. The van der Waals surface area contributed by atoms with Gasteiger partial charge in [-0.2, -0.15) is 0 Å². The van der Waals surface area contributed by atoms with Crippen molar-refractivity contribution in [2.45, 2.75) is 65.3 Å². The predicted molar refractivity (Wildman–Crippen MR) is 124 cm³/mol. The van der Waals surface area contributed by atoms with E-state index in [1.54, 1.807) is 0 Å². The first-order chi connectivity index (χ1) is 14.9. The molecule has 31 heavy (non-hydrogen) atoms. The lowest BCUT2D eigenvalue weighted by Gasteiger charge is -2.37. The third-order valence-electron chi connectivity index (χ3n) is 6.88. The normalized spacial score (nSPS) is 24.0. The van der Waals surface area contributed by atoms with Gasteiger partial charge in [-0.25, -0.2) is 0 Å². The summed E-state index contributed by atoms with van der Waals surface area (Å²) in [6.45, 7) is 7.25. The van der Waals surface area contributed by atoms with Crippen molar-refractivity contribution < 1.29 is 14.3 Å². The van der Waals surface area contributed by atoms with E-state index in [0.717, 1.165) is 19.3 Å². The van der Waals surface area contributed by atoms with Crippen molar-refractivity contribution in [3.05, 3.63) is 42.0 Å². The van der Waals surface area contributed by atoms with Crippen LogP contribution in [0.2, 0.25) is 0 Å². The average Bonchev–Trinajstić information content (AvgIpc) is 3.25. The van der Waals surface area contributed by atoms with Crippen LogP contribution in [-0.4, -0.2) is 31.0 Å². The molecule has 1 fully saturated rings. The summed E-state index contributed by atoms with van der Waals surface area (Å²) in [5, 5.41) is 6.28. The highest BCUT2D eigenvalue weighted by molar-refractivity contribution is 5.77. The van der Waals surface area contributed by atoms with E-state index in [1.807, 2.05) is 30.3 Å². The van der Waals surface area contributed by atoms with Crippen LogP contribution in [0.5, 0.6) is 5.75 Å². The lowest BCUT2D eigenvalue weighted by atomic mass is 9.69. The Morgan fingerprint density at radius 1 is 1.10 bits per heavy atom. The zero-order valence-corrected chi connectivity index (χ0v) is 19.2. The highest BCUT2D eigenvalue weighted by Crippen LogP contribution is 2.38. The largest absolute Gasteiger partial charge is 0.484 e. The summed E-state index contributed by atoms with van der Waals surface area (Å²) < 4.78 is 5.55. The van der Waals surface area contributed by atoms with Crippen molar-refractivity contribution in [1.29, 1.82) is 0 Å². The van der Waals surface area contributed by atoms with Crippen molar-refractivity contribution >= 4 is 11.8 Å². The van der Waals surface area contributed by atoms with Gasteiger partial charge in [-0.15, -0.1) is 0 Å². The molecule has 2 aliphatic rings. The molecule has 0 saturated heterocycles.